The molecule has 4 rings (SSSR count). The van der Waals surface area contributed by atoms with Crippen LogP contribution in [0.5, 0.6) is 11.5 Å². The van der Waals surface area contributed by atoms with E-state index in [-0.39, 0.29) is 5.69 Å². The Labute approximate surface area is 183 Å². The smallest absolute Gasteiger partial charge is 0.163 e. The van der Waals surface area contributed by atoms with Gasteiger partial charge in [0.25, 0.3) is 0 Å². The summed E-state index contributed by atoms with van der Waals surface area (Å²) in [5.41, 5.74) is 0.878. The minimum atomic E-state index is -0.481. The Kier molecular flexibility index (Phi) is 5.85. The van der Waals surface area contributed by atoms with Crippen LogP contribution >= 0.6 is 11.6 Å². The highest BCUT2D eigenvalue weighted by Gasteiger charge is 2.14. The summed E-state index contributed by atoms with van der Waals surface area (Å²) in [7, 11) is 1.55. The van der Waals surface area contributed by atoms with Gasteiger partial charge in [-0.15, -0.1) is 10.2 Å². The van der Waals surface area contributed by atoms with E-state index >= 15 is 0 Å². The average Bonchev–Trinajstić information content (AvgIpc) is 3.07. The number of benzene rings is 2. The number of nitrogens with zero attached hydrogens (tertiary/aromatic N) is 5. The van der Waals surface area contributed by atoms with Gasteiger partial charge in [0.15, 0.2) is 11.5 Å². The predicted molar refractivity (Wildman–Crippen MR) is 116 cm³/mol. The summed E-state index contributed by atoms with van der Waals surface area (Å²) in [6.07, 6.45) is 1.40. The molecule has 2 heterocycles. The van der Waals surface area contributed by atoms with Crippen molar-refractivity contribution in [3.63, 3.8) is 0 Å². The molecule has 0 amide bonds. The molecule has 0 aliphatic carbocycles. The molecule has 2 aromatic carbocycles. The third kappa shape index (κ3) is 4.36. The van der Waals surface area contributed by atoms with Gasteiger partial charge in [-0.3, -0.25) is 0 Å². The van der Waals surface area contributed by atoms with E-state index in [1.165, 1.54) is 12.4 Å². The molecular formula is C21H20ClFN6O2. The van der Waals surface area contributed by atoms with E-state index in [9.17, 15) is 4.39 Å². The second-order valence-electron chi connectivity index (χ2n) is 6.79. The maximum absolute atomic E-state index is 14.2. The first-order valence-corrected chi connectivity index (χ1v) is 9.88. The summed E-state index contributed by atoms with van der Waals surface area (Å²) in [6, 6.07) is 7.91. The lowest BCUT2D eigenvalue weighted by molar-refractivity contribution is 0.278. The van der Waals surface area contributed by atoms with E-state index in [2.05, 4.69) is 25.5 Å². The number of ether oxygens (including phenoxy) is 2. The summed E-state index contributed by atoms with van der Waals surface area (Å²) >= 11 is 5.83. The molecule has 2 aromatic heterocycles. The second-order valence-corrected chi connectivity index (χ2v) is 7.22. The summed E-state index contributed by atoms with van der Waals surface area (Å²) < 4.78 is 27.6. The highest BCUT2D eigenvalue weighted by atomic mass is 35.5. The molecule has 31 heavy (non-hydrogen) atoms. The second kappa shape index (κ2) is 8.73. The lowest BCUT2D eigenvalue weighted by atomic mass is 10.2. The van der Waals surface area contributed by atoms with Crippen LogP contribution < -0.4 is 14.8 Å². The number of hydrogen-bond acceptors (Lipinski definition) is 7. The number of aromatic nitrogens is 5. The number of fused-ring (bicyclic) bond motifs is 1. The Morgan fingerprint density at radius 2 is 1.84 bits per heavy atom. The molecule has 160 valence electrons. The van der Waals surface area contributed by atoms with Gasteiger partial charge in [-0.05, 0) is 38.1 Å². The van der Waals surface area contributed by atoms with Crippen LogP contribution in [-0.4, -0.2) is 38.4 Å². The van der Waals surface area contributed by atoms with E-state index in [0.29, 0.717) is 46.4 Å². The van der Waals surface area contributed by atoms with Crippen molar-refractivity contribution in [1.29, 1.82) is 0 Å². The number of anilines is 2. The van der Waals surface area contributed by atoms with Gasteiger partial charge >= 0.3 is 0 Å². The van der Waals surface area contributed by atoms with Crippen molar-refractivity contribution in [2.75, 3.05) is 19.0 Å². The maximum Gasteiger partial charge on any atom is 0.163 e. The van der Waals surface area contributed by atoms with Crippen LogP contribution in [0.4, 0.5) is 15.9 Å². The van der Waals surface area contributed by atoms with Gasteiger partial charge in [0.1, 0.15) is 36.2 Å². The van der Waals surface area contributed by atoms with E-state index in [1.807, 2.05) is 18.4 Å². The number of aryl methyl sites for hydroxylation is 2. The fourth-order valence-corrected chi connectivity index (χ4v) is 3.37. The van der Waals surface area contributed by atoms with Gasteiger partial charge in [0.05, 0.1) is 24.9 Å². The third-order valence-corrected chi connectivity index (χ3v) is 5.03. The van der Waals surface area contributed by atoms with Crippen molar-refractivity contribution in [3.05, 3.63) is 59.1 Å². The Morgan fingerprint density at radius 1 is 1.06 bits per heavy atom. The topological polar surface area (TPSA) is 87.0 Å². The molecule has 8 nitrogen and oxygen atoms in total. The fraction of sp³-hybridized carbons (Fsp3) is 0.238. The molecule has 0 unspecified atom stereocenters. The number of hydrogen-bond donors (Lipinski definition) is 1. The van der Waals surface area contributed by atoms with Crippen LogP contribution in [0.25, 0.3) is 10.9 Å². The first kappa shape index (κ1) is 20.8. The molecule has 0 fully saturated rings. The lowest BCUT2D eigenvalue weighted by Gasteiger charge is -2.14. The quantitative estimate of drug-likeness (QED) is 0.452. The maximum atomic E-state index is 14.2. The van der Waals surface area contributed by atoms with E-state index in [4.69, 9.17) is 21.1 Å². The van der Waals surface area contributed by atoms with Gasteiger partial charge < -0.3 is 19.4 Å². The minimum absolute atomic E-state index is 0.253. The molecule has 10 heteroatoms. The highest BCUT2D eigenvalue weighted by molar-refractivity contribution is 6.30. The van der Waals surface area contributed by atoms with Gasteiger partial charge in [0.2, 0.25) is 0 Å². The van der Waals surface area contributed by atoms with Gasteiger partial charge in [-0.2, -0.15) is 0 Å². The molecule has 0 atom stereocenters. The summed E-state index contributed by atoms with van der Waals surface area (Å²) in [4.78, 5) is 8.57. The number of methoxy groups -OCH3 is 1. The van der Waals surface area contributed by atoms with Gasteiger partial charge in [0, 0.05) is 16.5 Å². The molecule has 0 radical (unpaired) electrons. The molecule has 4 aromatic rings. The molecule has 0 spiro atoms. The molecule has 1 N–H and O–H groups in total. The molecule has 0 saturated carbocycles. The molecule has 0 bridgehead atoms. The lowest BCUT2D eigenvalue weighted by Crippen LogP contribution is -2.11. The van der Waals surface area contributed by atoms with Crippen LogP contribution in [0, 0.1) is 19.7 Å². The number of halogens is 2. The summed E-state index contributed by atoms with van der Waals surface area (Å²) in [6.45, 7) is 4.78. The van der Waals surface area contributed by atoms with Crippen molar-refractivity contribution in [2.24, 2.45) is 0 Å². The zero-order valence-electron chi connectivity index (χ0n) is 17.2. The first-order chi connectivity index (χ1) is 15.0. The Bertz CT molecular complexity index is 1230. The number of rotatable bonds is 7. The zero-order chi connectivity index (χ0) is 22.0. The molecule has 0 saturated heterocycles. The van der Waals surface area contributed by atoms with Crippen LogP contribution in [0.1, 0.15) is 11.6 Å². The van der Waals surface area contributed by atoms with Crippen molar-refractivity contribution >= 4 is 34.0 Å². The van der Waals surface area contributed by atoms with Crippen LogP contribution in [0.15, 0.2) is 36.7 Å². The highest BCUT2D eigenvalue weighted by Crippen LogP contribution is 2.35. The molecular weight excluding hydrogens is 423 g/mol. The SMILES string of the molecule is COc1cc2c(Nc3ccc(Cl)cc3F)ncnc2cc1OCCn1c(C)nnc1C. The minimum Gasteiger partial charge on any atom is -0.493 e. The van der Waals surface area contributed by atoms with Crippen molar-refractivity contribution in [3.8, 4) is 11.5 Å². The van der Waals surface area contributed by atoms with Crippen molar-refractivity contribution in [2.45, 2.75) is 20.4 Å². The Balaban J connectivity index is 1.60. The van der Waals surface area contributed by atoms with Crippen LogP contribution in [0.3, 0.4) is 0 Å². The normalized spacial score (nSPS) is 11.0. The van der Waals surface area contributed by atoms with Gasteiger partial charge in [-0.25, -0.2) is 14.4 Å². The third-order valence-electron chi connectivity index (χ3n) is 4.80. The van der Waals surface area contributed by atoms with Gasteiger partial charge in [-0.1, -0.05) is 11.6 Å². The largest absolute Gasteiger partial charge is 0.493 e. The molecule has 0 aliphatic heterocycles. The standard InChI is InChI=1S/C21H20ClFN6O2/c1-12-27-28-13(2)29(12)6-7-31-20-10-18-15(9-19(20)30-3)21(25-11-24-18)26-17-5-4-14(22)8-16(17)23/h4-5,8-11H,6-7H2,1-3H3,(H,24,25,26). The Morgan fingerprint density at radius 3 is 2.55 bits per heavy atom. The monoisotopic (exact) mass is 442 g/mol. The molecule has 0 aliphatic rings. The van der Waals surface area contributed by atoms with Crippen LogP contribution in [-0.2, 0) is 6.54 Å². The summed E-state index contributed by atoms with van der Waals surface area (Å²) in [5, 5.41) is 12.1. The fourth-order valence-electron chi connectivity index (χ4n) is 3.21. The average molecular weight is 443 g/mol. The van der Waals surface area contributed by atoms with Crippen molar-refractivity contribution < 1.29 is 13.9 Å². The van der Waals surface area contributed by atoms with E-state index < -0.39 is 5.82 Å². The van der Waals surface area contributed by atoms with E-state index in [0.717, 1.165) is 11.6 Å². The Hall–Kier alpha value is -3.46. The summed E-state index contributed by atoms with van der Waals surface area (Å²) in [5.74, 6) is 2.66. The number of nitrogens with one attached hydrogen (secondary N) is 1. The predicted octanol–water partition coefficient (Wildman–Crippen LogP) is 4.46. The van der Waals surface area contributed by atoms with Crippen LogP contribution in [0.2, 0.25) is 5.02 Å². The van der Waals surface area contributed by atoms with Crippen molar-refractivity contribution in [1.82, 2.24) is 24.7 Å². The van der Waals surface area contributed by atoms with E-state index in [1.54, 1.807) is 31.4 Å². The zero-order valence-corrected chi connectivity index (χ0v) is 17.9. The first-order valence-electron chi connectivity index (χ1n) is 9.50.